The quantitative estimate of drug-likeness (QED) is 0.477. The fourth-order valence-corrected chi connectivity index (χ4v) is 3.44. The van der Waals surface area contributed by atoms with E-state index in [1.807, 2.05) is 42.5 Å². The Bertz CT molecular complexity index is 873. The highest BCUT2D eigenvalue weighted by Gasteiger charge is 2.40. The summed E-state index contributed by atoms with van der Waals surface area (Å²) in [7, 11) is 0. The lowest BCUT2D eigenvalue weighted by Crippen LogP contribution is -2.41. The molecular weight excluding hydrogens is 280 g/mol. The molecule has 0 aliphatic heterocycles. The third kappa shape index (κ3) is 1.72. The Morgan fingerprint density at radius 1 is 0.591 bits per heavy atom. The van der Waals surface area contributed by atoms with E-state index in [2.05, 4.69) is 0 Å². The van der Waals surface area contributed by atoms with Crippen molar-refractivity contribution in [1.82, 2.24) is 0 Å². The molecule has 0 aromatic heterocycles. The van der Waals surface area contributed by atoms with Gasteiger partial charge in [-0.2, -0.15) is 0 Å². The highest BCUT2D eigenvalue weighted by molar-refractivity contribution is 6.08. The van der Waals surface area contributed by atoms with Crippen LogP contribution in [0.2, 0.25) is 0 Å². The molecule has 3 aromatic carbocycles. The van der Waals surface area contributed by atoms with Crippen molar-refractivity contribution in [3.63, 3.8) is 0 Å². The van der Waals surface area contributed by atoms with Gasteiger partial charge in [0.1, 0.15) is 24.4 Å². The number of aliphatic hydroxyl groups excluding tert-OH is 4. The predicted octanol–water partition coefficient (Wildman–Crippen LogP) is 1.80. The third-order valence-electron chi connectivity index (χ3n) is 4.61. The summed E-state index contributed by atoms with van der Waals surface area (Å²) < 4.78 is 0. The van der Waals surface area contributed by atoms with Gasteiger partial charge < -0.3 is 20.4 Å². The molecule has 3 aromatic rings. The number of fused-ring (bicyclic) bond motifs is 5. The number of hydrogen-bond donors (Lipinski definition) is 4. The van der Waals surface area contributed by atoms with Gasteiger partial charge in [-0.1, -0.05) is 48.5 Å². The van der Waals surface area contributed by atoms with Crippen molar-refractivity contribution in [1.29, 1.82) is 0 Å². The van der Waals surface area contributed by atoms with E-state index in [4.69, 9.17) is 0 Å². The molecule has 4 rings (SSSR count). The average Bonchev–Trinajstić information content (AvgIpc) is 2.56. The Balaban J connectivity index is 2.10. The zero-order chi connectivity index (χ0) is 15.4. The molecule has 112 valence electrons. The summed E-state index contributed by atoms with van der Waals surface area (Å²) in [5.74, 6) is 0. The minimum Gasteiger partial charge on any atom is -0.387 e. The Kier molecular flexibility index (Phi) is 2.96. The molecule has 4 N–H and O–H groups in total. The molecule has 0 bridgehead atoms. The zero-order valence-corrected chi connectivity index (χ0v) is 11.7. The van der Waals surface area contributed by atoms with Gasteiger partial charge >= 0.3 is 0 Å². The van der Waals surface area contributed by atoms with Crippen LogP contribution in [-0.2, 0) is 0 Å². The van der Waals surface area contributed by atoms with Crippen LogP contribution >= 0.6 is 0 Å². The summed E-state index contributed by atoms with van der Waals surface area (Å²) in [6, 6.07) is 15.4. The first kappa shape index (κ1) is 13.7. The summed E-state index contributed by atoms with van der Waals surface area (Å²) >= 11 is 0. The molecular formula is C18H16O4. The van der Waals surface area contributed by atoms with E-state index in [9.17, 15) is 20.4 Å². The Labute approximate surface area is 126 Å². The van der Waals surface area contributed by atoms with Crippen LogP contribution in [0.15, 0.2) is 48.5 Å². The standard InChI is InChI=1S/C18H16O4/c19-15-13-8-7-11-10-4-2-1-3-9(10)5-6-12(11)14(13)16(20)18(22)17(15)21/h1-8,15-22H. The second-order valence-corrected chi connectivity index (χ2v) is 5.82. The predicted molar refractivity (Wildman–Crippen MR) is 83.4 cm³/mol. The minimum absolute atomic E-state index is 0.466. The summed E-state index contributed by atoms with van der Waals surface area (Å²) in [6.07, 6.45) is -5.22. The maximum Gasteiger partial charge on any atom is 0.113 e. The van der Waals surface area contributed by atoms with Crippen molar-refractivity contribution in [2.75, 3.05) is 0 Å². The van der Waals surface area contributed by atoms with Crippen LogP contribution in [0.3, 0.4) is 0 Å². The lowest BCUT2D eigenvalue weighted by Gasteiger charge is -2.35. The molecule has 0 saturated heterocycles. The summed E-state index contributed by atoms with van der Waals surface area (Å²) in [4.78, 5) is 0. The first-order valence-electron chi connectivity index (χ1n) is 7.26. The van der Waals surface area contributed by atoms with Crippen molar-refractivity contribution < 1.29 is 20.4 Å². The first-order valence-corrected chi connectivity index (χ1v) is 7.26. The molecule has 1 aliphatic carbocycles. The van der Waals surface area contributed by atoms with E-state index < -0.39 is 24.4 Å². The van der Waals surface area contributed by atoms with Crippen molar-refractivity contribution in [2.24, 2.45) is 0 Å². The smallest absolute Gasteiger partial charge is 0.113 e. The van der Waals surface area contributed by atoms with Crippen LogP contribution in [0.25, 0.3) is 21.5 Å². The lowest BCUT2D eigenvalue weighted by molar-refractivity contribution is -0.119. The molecule has 4 nitrogen and oxygen atoms in total. The van der Waals surface area contributed by atoms with Crippen molar-refractivity contribution in [2.45, 2.75) is 24.4 Å². The maximum absolute atomic E-state index is 10.4. The molecule has 0 heterocycles. The van der Waals surface area contributed by atoms with Gasteiger partial charge in [0.15, 0.2) is 0 Å². The summed E-state index contributed by atoms with van der Waals surface area (Å²) in [6.45, 7) is 0. The van der Waals surface area contributed by atoms with Gasteiger partial charge in [-0.3, -0.25) is 0 Å². The monoisotopic (exact) mass is 296 g/mol. The fraction of sp³-hybridized carbons (Fsp3) is 0.222. The second-order valence-electron chi connectivity index (χ2n) is 5.82. The average molecular weight is 296 g/mol. The van der Waals surface area contributed by atoms with E-state index in [0.717, 1.165) is 21.5 Å². The number of benzene rings is 3. The molecule has 4 unspecified atom stereocenters. The molecule has 1 aliphatic rings. The molecule has 0 radical (unpaired) electrons. The zero-order valence-electron chi connectivity index (χ0n) is 11.7. The Morgan fingerprint density at radius 3 is 2.09 bits per heavy atom. The molecule has 0 amide bonds. The van der Waals surface area contributed by atoms with Crippen LogP contribution in [0.5, 0.6) is 0 Å². The molecule has 0 saturated carbocycles. The van der Waals surface area contributed by atoms with E-state index in [0.29, 0.717) is 11.1 Å². The van der Waals surface area contributed by atoms with Crippen molar-refractivity contribution >= 4 is 21.5 Å². The van der Waals surface area contributed by atoms with Crippen LogP contribution in [-0.4, -0.2) is 32.6 Å². The Morgan fingerprint density at radius 2 is 1.27 bits per heavy atom. The summed E-state index contributed by atoms with van der Waals surface area (Å²) in [5, 5.41) is 44.2. The number of aliphatic hydroxyl groups is 4. The van der Waals surface area contributed by atoms with Gasteiger partial charge in [0.05, 0.1) is 0 Å². The SMILES string of the molecule is OC1c2ccc3c(ccc4ccccc43)c2C(O)C(O)C1O. The van der Waals surface area contributed by atoms with Gasteiger partial charge in [0.2, 0.25) is 0 Å². The van der Waals surface area contributed by atoms with E-state index in [1.54, 1.807) is 6.07 Å². The Hall–Kier alpha value is -1.98. The number of rotatable bonds is 0. The molecule has 4 heteroatoms. The molecule has 22 heavy (non-hydrogen) atoms. The van der Waals surface area contributed by atoms with Crippen LogP contribution in [0.1, 0.15) is 23.3 Å². The van der Waals surface area contributed by atoms with Crippen LogP contribution in [0.4, 0.5) is 0 Å². The van der Waals surface area contributed by atoms with Gasteiger partial charge in [0, 0.05) is 0 Å². The largest absolute Gasteiger partial charge is 0.387 e. The normalized spacial score (nSPS) is 28.0. The third-order valence-corrected chi connectivity index (χ3v) is 4.61. The van der Waals surface area contributed by atoms with E-state index in [-0.39, 0.29) is 0 Å². The fourth-order valence-electron chi connectivity index (χ4n) is 3.44. The van der Waals surface area contributed by atoms with Gasteiger partial charge in [0.25, 0.3) is 0 Å². The van der Waals surface area contributed by atoms with Gasteiger partial charge in [-0.15, -0.1) is 0 Å². The van der Waals surface area contributed by atoms with Gasteiger partial charge in [-0.25, -0.2) is 0 Å². The van der Waals surface area contributed by atoms with Crippen LogP contribution in [0, 0.1) is 0 Å². The molecule has 4 atom stereocenters. The first-order chi connectivity index (χ1) is 10.6. The summed E-state index contributed by atoms with van der Waals surface area (Å²) in [5.41, 5.74) is 0.960. The van der Waals surface area contributed by atoms with Gasteiger partial charge in [-0.05, 0) is 32.7 Å². The highest BCUT2D eigenvalue weighted by atomic mass is 16.4. The topological polar surface area (TPSA) is 80.9 Å². The van der Waals surface area contributed by atoms with Crippen molar-refractivity contribution in [3.8, 4) is 0 Å². The molecule has 0 spiro atoms. The highest BCUT2D eigenvalue weighted by Crippen LogP contribution is 2.42. The van der Waals surface area contributed by atoms with E-state index in [1.165, 1.54) is 0 Å². The van der Waals surface area contributed by atoms with Crippen molar-refractivity contribution in [3.05, 3.63) is 59.7 Å². The van der Waals surface area contributed by atoms with E-state index >= 15 is 0 Å². The minimum atomic E-state index is -1.40. The maximum atomic E-state index is 10.4. The second kappa shape index (κ2) is 4.76. The van der Waals surface area contributed by atoms with Crippen LogP contribution < -0.4 is 0 Å². The number of hydrogen-bond acceptors (Lipinski definition) is 4. The lowest BCUT2D eigenvalue weighted by atomic mass is 9.80. The molecule has 0 fully saturated rings.